The molecule has 0 unspecified atom stereocenters. The highest BCUT2D eigenvalue weighted by Crippen LogP contribution is 2.42. The van der Waals surface area contributed by atoms with Crippen molar-refractivity contribution < 1.29 is 36.2 Å². The van der Waals surface area contributed by atoms with Crippen molar-refractivity contribution in [3.05, 3.63) is 70.6 Å². The van der Waals surface area contributed by atoms with Crippen LogP contribution in [0.4, 0.5) is 23.0 Å². The van der Waals surface area contributed by atoms with Gasteiger partial charge in [-0.15, -0.1) is 0 Å². The molecule has 0 fully saturated rings. The summed E-state index contributed by atoms with van der Waals surface area (Å²) in [6.07, 6.45) is 0. The Morgan fingerprint density at radius 2 is 1.66 bits per heavy atom. The first-order valence-corrected chi connectivity index (χ1v) is 12.4. The molecule has 2 aromatic rings. The lowest BCUT2D eigenvalue weighted by Crippen LogP contribution is -2.76. The molecule has 1 aliphatic carbocycles. The Balaban J connectivity index is 0.000000732. The van der Waals surface area contributed by atoms with E-state index in [0.717, 1.165) is 68.7 Å². The summed E-state index contributed by atoms with van der Waals surface area (Å²) in [6, 6.07) is 16.0. The smallest absolute Gasteiger partial charge is 0.462 e. The summed E-state index contributed by atoms with van der Waals surface area (Å²) >= 11 is 0. The second-order valence-electron chi connectivity index (χ2n) is 8.63. The van der Waals surface area contributed by atoms with Crippen LogP contribution in [0, 0.1) is 13.8 Å². The fourth-order valence-electron chi connectivity index (χ4n) is 4.34. The molecule has 0 spiro atoms. The highest BCUT2D eigenvalue weighted by Gasteiger charge is 2.24. The van der Waals surface area contributed by atoms with Crippen LogP contribution in [0.2, 0.25) is 0 Å². The summed E-state index contributed by atoms with van der Waals surface area (Å²) in [7, 11) is -6.00. The van der Waals surface area contributed by atoms with Crippen LogP contribution in [0.15, 0.2) is 52.9 Å². The van der Waals surface area contributed by atoms with E-state index in [1.807, 2.05) is 31.2 Å². The number of fused-ring (bicyclic) bond motifs is 2. The fourth-order valence-corrected chi connectivity index (χ4v) is 4.34. The Labute approximate surface area is 219 Å². The maximum absolute atomic E-state index is 12.9. The number of aryl methyl sites for hydroxylation is 2. The molecule has 1 heterocycles. The zero-order valence-corrected chi connectivity index (χ0v) is 22.1. The molecule has 0 bridgehead atoms. The van der Waals surface area contributed by atoms with Gasteiger partial charge in [-0.3, -0.25) is 0 Å². The van der Waals surface area contributed by atoms with E-state index in [1.165, 1.54) is 0 Å². The van der Waals surface area contributed by atoms with Gasteiger partial charge in [-0.1, -0.05) is 18.2 Å². The summed E-state index contributed by atoms with van der Waals surface area (Å²) < 4.78 is 50.8. The topological polar surface area (TPSA) is 65.4 Å². The van der Waals surface area contributed by atoms with Gasteiger partial charge in [0.1, 0.15) is 17.9 Å². The first-order chi connectivity index (χ1) is 18.0. The number of carbonyl (C=O) groups is 1. The number of rotatable bonds is 6. The lowest BCUT2D eigenvalue weighted by Gasteiger charge is -2.19. The third kappa shape index (κ3) is 6.73. The molecular formula is C28H31BF4N2O3. The SMILES string of the molecule is CCNc1cc2oc3cc(=[NH+]CC)c(C)cc-3c(-c3ccccc3C(=O)OCC)c2cc1C.F[B-](F)(F)F. The Hall–Kier alpha value is -3.82. The second kappa shape index (κ2) is 12.2. The number of benzene rings is 3. The minimum absolute atomic E-state index is 0.322. The first kappa shape index (κ1) is 28.8. The van der Waals surface area contributed by atoms with Crippen LogP contribution in [-0.2, 0) is 4.74 Å². The largest absolute Gasteiger partial charge is 0.673 e. The highest BCUT2D eigenvalue weighted by atomic mass is 19.5. The average Bonchev–Trinajstić information content (AvgIpc) is 2.84. The standard InChI is InChI=1S/C28H30N2O3.BF4/c1-6-29-23-15-25-21(13-17(23)4)27(19-11-9-10-12-20(19)28(31)32-8-3)22-14-18(5)24(30-7-2)16-26(22)33-25;2-1(3,4)5/h9-16,29H,6-8H2,1-5H3;/q;-1/p+1. The number of ether oxygens (including phenoxy) is 1. The molecule has 2 N–H and O–H groups in total. The van der Waals surface area contributed by atoms with Crippen LogP contribution in [-0.4, -0.2) is 32.9 Å². The van der Waals surface area contributed by atoms with Crippen LogP contribution in [0.1, 0.15) is 42.3 Å². The number of halogens is 4. The van der Waals surface area contributed by atoms with Crippen LogP contribution in [0.5, 0.6) is 0 Å². The second-order valence-corrected chi connectivity index (χ2v) is 8.63. The lowest BCUT2D eigenvalue weighted by molar-refractivity contribution is -0.496. The Bertz CT molecular complexity index is 1480. The van der Waals surface area contributed by atoms with Gasteiger partial charge < -0.3 is 31.7 Å². The van der Waals surface area contributed by atoms with Crippen LogP contribution < -0.4 is 15.7 Å². The molecule has 0 radical (unpaired) electrons. The third-order valence-electron chi connectivity index (χ3n) is 5.84. The van der Waals surface area contributed by atoms with E-state index in [1.54, 1.807) is 0 Å². The predicted molar refractivity (Wildman–Crippen MR) is 143 cm³/mol. The van der Waals surface area contributed by atoms with Crippen molar-refractivity contribution in [2.24, 2.45) is 0 Å². The maximum Gasteiger partial charge on any atom is 0.673 e. The molecule has 4 rings (SSSR count). The van der Waals surface area contributed by atoms with Gasteiger partial charge in [-0.2, -0.15) is 0 Å². The van der Waals surface area contributed by atoms with Crippen molar-refractivity contribution in [2.75, 3.05) is 25.0 Å². The molecule has 2 aromatic carbocycles. The number of hydrogen-bond acceptors (Lipinski definition) is 4. The third-order valence-corrected chi connectivity index (χ3v) is 5.84. The molecule has 2 aliphatic rings. The summed E-state index contributed by atoms with van der Waals surface area (Å²) in [5.74, 6) is 0.446. The number of carbonyl (C=O) groups excluding carboxylic acids is 1. The van der Waals surface area contributed by atoms with Crippen molar-refractivity contribution in [1.29, 1.82) is 0 Å². The number of esters is 1. The Morgan fingerprint density at radius 3 is 2.29 bits per heavy atom. The number of nitrogens with one attached hydrogen (secondary N) is 2. The number of hydrogen-bond donors (Lipinski definition) is 2. The van der Waals surface area contributed by atoms with Gasteiger partial charge in [0, 0.05) is 40.4 Å². The predicted octanol–water partition coefficient (Wildman–Crippen LogP) is 5.73. The minimum Gasteiger partial charge on any atom is -0.462 e. The van der Waals surface area contributed by atoms with Crippen molar-refractivity contribution in [1.82, 2.24) is 0 Å². The molecule has 10 heteroatoms. The highest BCUT2D eigenvalue weighted by molar-refractivity contribution is 6.50. The summed E-state index contributed by atoms with van der Waals surface area (Å²) in [6.45, 7) is 12.1. The molecule has 0 saturated heterocycles. The van der Waals surface area contributed by atoms with Crippen LogP contribution in [0.3, 0.4) is 0 Å². The molecule has 0 amide bonds. The average molecular weight is 530 g/mol. The van der Waals surface area contributed by atoms with E-state index in [0.29, 0.717) is 12.2 Å². The van der Waals surface area contributed by atoms with Crippen molar-refractivity contribution in [3.8, 4) is 22.5 Å². The molecule has 38 heavy (non-hydrogen) atoms. The van der Waals surface area contributed by atoms with Gasteiger partial charge in [0.25, 0.3) is 0 Å². The fraction of sp³-hybridized carbons (Fsp3) is 0.286. The van der Waals surface area contributed by atoms with Gasteiger partial charge >= 0.3 is 13.2 Å². The van der Waals surface area contributed by atoms with E-state index in [9.17, 15) is 22.1 Å². The van der Waals surface area contributed by atoms with E-state index in [4.69, 9.17) is 9.15 Å². The summed E-state index contributed by atoms with van der Waals surface area (Å²) in [4.78, 5) is 16.3. The molecule has 202 valence electrons. The van der Waals surface area contributed by atoms with E-state index in [2.05, 4.69) is 62.3 Å². The van der Waals surface area contributed by atoms with Crippen molar-refractivity contribution >= 4 is 29.9 Å². The van der Waals surface area contributed by atoms with Crippen LogP contribution in [0.25, 0.3) is 33.4 Å². The van der Waals surface area contributed by atoms with Gasteiger partial charge in [0.15, 0.2) is 0 Å². The molecular weight excluding hydrogens is 499 g/mol. The monoisotopic (exact) mass is 530 g/mol. The molecule has 0 aromatic heterocycles. The lowest BCUT2D eigenvalue weighted by atomic mass is 9.89. The minimum atomic E-state index is -6.00. The molecule has 1 aliphatic heterocycles. The molecule has 0 saturated carbocycles. The van der Waals surface area contributed by atoms with Gasteiger partial charge in [-0.25, -0.2) is 9.79 Å². The summed E-state index contributed by atoms with van der Waals surface area (Å²) in [5, 5.41) is 5.42. The summed E-state index contributed by atoms with van der Waals surface area (Å²) in [5.41, 5.74) is 7.38. The van der Waals surface area contributed by atoms with Crippen molar-refractivity contribution in [2.45, 2.75) is 34.6 Å². The van der Waals surface area contributed by atoms with E-state index < -0.39 is 7.25 Å². The van der Waals surface area contributed by atoms with Gasteiger partial charge in [-0.05, 0) is 63.9 Å². The van der Waals surface area contributed by atoms with Gasteiger partial charge in [0.05, 0.1) is 18.2 Å². The normalized spacial score (nSPS) is 11.9. The maximum atomic E-state index is 12.9. The van der Waals surface area contributed by atoms with Crippen molar-refractivity contribution in [3.63, 3.8) is 0 Å². The quantitative estimate of drug-likeness (QED) is 0.145. The molecule has 5 nitrogen and oxygen atoms in total. The number of anilines is 1. The van der Waals surface area contributed by atoms with E-state index >= 15 is 0 Å². The Kier molecular flexibility index (Phi) is 9.19. The first-order valence-electron chi connectivity index (χ1n) is 12.4. The van der Waals surface area contributed by atoms with Crippen LogP contribution >= 0.6 is 0 Å². The zero-order chi connectivity index (χ0) is 28.0. The Morgan fingerprint density at radius 1 is 0.974 bits per heavy atom. The van der Waals surface area contributed by atoms with Gasteiger partial charge in [0.2, 0.25) is 5.36 Å². The zero-order valence-electron chi connectivity index (χ0n) is 22.1. The molecule has 0 atom stereocenters. The van der Waals surface area contributed by atoms with E-state index in [-0.39, 0.29) is 5.97 Å².